The fourth-order valence-corrected chi connectivity index (χ4v) is 3.53. The standard InChI is InChI=1S/C16H22ClNO2/c1-19-15-10-16(20-12-15)5-7-18(8-6-16)11-13-3-2-4-14(17)9-13/h2-4,9,15H,5-8,10-12H2,1H3/t15-/m0/s1. The predicted molar refractivity (Wildman–Crippen MR) is 80.1 cm³/mol. The molecule has 0 aliphatic carbocycles. The van der Waals surface area contributed by atoms with Crippen LogP contribution in [-0.2, 0) is 16.0 Å². The Bertz CT molecular complexity index is 458. The maximum absolute atomic E-state index is 6.04. The summed E-state index contributed by atoms with van der Waals surface area (Å²) in [5.41, 5.74) is 1.36. The number of hydrogen-bond donors (Lipinski definition) is 0. The summed E-state index contributed by atoms with van der Waals surface area (Å²) in [5.74, 6) is 0. The van der Waals surface area contributed by atoms with Crippen molar-refractivity contribution in [3.63, 3.8) is 0 Å². The summed E-state index contributed by atoms with van der Waals surface area (Å²) in [6, 6.07) is 8.14. The van der Waals surface area contributed by atoms with Crippen molar-refractivity contribution in [1.82, 2.24) is 4.90 Å². The van der Waals surface area contributed by atoms with E-state index in [2.05, 4.69) is 17.0 Å². The van der Waals surface area contributed by atoms with E-state index in [-0.39, 0.29) is 11.7 Å². The highest BCUT2D eigenvalue weighted by atomic mass is 35.5. The number of benzene rings is 1. The Balaban J connectivity index is 1.54. The molecule has 2 fully saturated rings. The number of methoxy groups -OCH3 is 1. The Kier molecular flexibility index (Phi) is 4.32. The van der Waals surface area contributed by atoms with Crippen LogP contribution in [0.2, 0.25) is 5.02 Å². The zero-order chi connectivity index (χ0) is 14.0. The molecule has 110 valence electrons. The molecule has 4 heteroatoms. The van der Waals surface area contributed by atoms with E-state index in [1.54, 1.807) is 7.11 Å². The SMILES string of the molecule is CO[C@@H]1COC2(CCN(Cc3cccc(Cl)c3)CC2)C1. The second-order valence-corrected chi connectivity index (χ2v) is 6.40. The Morgan fingerprint density at radius 1 is 1.40 bits per heavy atom. The Labute approximate surface area is 125 Å². The molecule has 2 aliphatic rings. The summed E-state index contributed by atoms with van der Waals surface area (Å²) in [7, 11) is 1.78. The second kappa shape index (κ2) is 6.02. The molecule has 1 atom stereocenters. The highest BCUT2D eigenvalue weighted by molar-refractivity contribution is 6.30. The van der Waals surface area contributed by atoms with Crippen LogP contribution in [0, 0.1) is 0 Å². The molecule has 0 amide bonds. The quantitative estimate of drug-likeness (QED) is 0.855. The highest BCUT2D eigenvalue weighted by Gasteiger charge is 2.42. The highest BCUT2D eigenvalue weighted by Crippen LogP contribution is 2.37. The molecule has 0 N–H and O–H groups in total. The van der Waals surface area contributed by atoms with Crippen molar-refractivity contribution in [2.24, 2.45) is 0 Å². The van der Waals surface area contributed by atoms with E-state index >= 15 is 0 Å². The molecule has 0 aromatic heterocycles. The predicted octanol–water partition coefficient (Wildman–Crippen LogP) is 3.11. The van der Waals surface area contributed by atoms with Gasteiger partial charge in [-0.2, -0.15) is 0 Å². The third-order valence-electron chi connectivity index (χ3n) is 4.57. The number of ether oxygens (including phenoxy) is 2. The smallest absolute Gasteiger partial charge is 0.0832 e. The van der Waals surface area contributed by atoms with Crippen molar-refractivity contribution in [3.8, 4) is 0 Å². The average Bonchev–Trinajstić information content (AvgIpc) is 2.85. The van der Waals surface area contributed by atoms with Gasteiger partial charge in [0.15, 0.2) is 0 Å². The minimum Gasteiger partial charge on any atom is -0.379 e. The summed E-state index contributed by atoms with van der Waals surface area (Å²) < 4.78 is 11.5. The van der Waals surface area contributed by atoms with Crippen LogP contribution in [0.25, 0.3) is 0 Å². The van der Waals surface area contributed by atoms with Crippen molar-refractivity contribution in [2.45, 2.75) is 37.5 Å². The van der Waals surface area contributed by atoms with Gasteiger partial charge in [0.2, 0.25) is 0 Å². The third kappa shape index (κ3) is 3.17. The van der Waals surface area contributed by atoms with Gasteiger partial charge in [0.05, 0.1) is 18.3 Å². The van der Waals surface area contributed by atoms with Crippen LogP contribution in [-0.4, -0.2) is 43.4 Å². The van der Waals surface area contributed by atoms with Crippen LogP contribution in [0.4, 0.5) is 0 Å². The molecule has 2 heterocycles. The fraction of sp³-hybridized carbons (Fsp3) is 0.625. The van der Waals surface area contributed by atoms with Gasteiger partial charge >= 0.3 is 0 Å². The number of piperidine rings is 1. The van der Waals surface area contributed by atoms with Crippen LogP contribution in [0.3, 0.4) is 0 Å². The Morgan fingerprint density at radius 3 is 2.85 bits per heavy atom. The van der Waals surface area contributed by atoms with E-state index in [9.17, 15) is 0 Å². The van der Waals surface area contributed by atoms with Crippen molar-refractivity contribution in [3.05, 3.63) is 34.9 Å². The number of hydrogen-bond acceptors (Lipinski definition) is 3. The molecular formula is C16H22ClNO2. The van der Waals surface area contributed by atoms with Crippen molar-refractivity contribution in [1.29, 1.82) is 0 Å². The van der Waals surface area contributed by atoms with Crippen molar-refractivity contribution < 1.29 is 9.47 Å². The largest absolute Gasteiger partial charge is 0.379 e. The van der Waals surface area contributed by atoms with Crippen molar-refractivity contribution >= 4 is 11.6 Å². The molecule has 1 aromatic carbocycles. The minimum absolute atomic E-state index is 0.0749. The average molecular weight is 296 g/mol. The van der Waals surface area contributed by atoms with Gasteiger partial charge in [-0.3, -0.25) is 4.90 Å². The van der Waals surface area contributed by atoms with Gasteiger partial charge < -0.3 is 9.47 Å². The van der Waals surface area contributed by atoms with Crippen LogP contribution < -0.4 is 0 Å². The van der Waals surface area contributed by atoms with Gasteiger partial charge in [0, 0.05) is 38.2 Å². The molecule has 1 aromatic rings. The second-order valence-electron chi connectivity index (χ2n) is 5.96. The summed E-state index contributed by atoms with van der Waals surface area (Å²) in [5, 5.41) is 0.818. The number of likely N-dealkylation sites (tertiary alicyclic amines) is 1. The molecule has 0 bridgehead atoms. The van der Waals surface area contributed by atoms with Gasteiger partial charge in [0.25, 0.3) is 0 Å². The first-order valence-corrected chi connectivity index (χ1v) is 7.70. The van der Waals surface area contributed by atoms with E-state index in [0.717, 1.165) is 50.5 Å². The van der Waals surface area contributed by atoms with Crippen molar-refractivity contribution in [2.75, 3.05) is 26.8 Å². The first-order chi connectivity index (χ1) is 9.69. The molecule has 1 spiro atoms. The van der Waals surface area contributed by atoms with Crippen LogP contribution in [0.15, 0.2) is 24.3 Å². The molecule has 20 heavy (non-hydrogen) atoms. The fourth-order valence-electron chi connectivity index (χ4n) is 3.31. The summed E-state index contributed by atoms with van der Waals surface area (Å²) in [6.45, 7) is 3.90. The molecule has 2 saturated heterocycles. The van der Waals surface area contributed by atoms with Crippen LogP contribution >= 0.6 is 11.6 Å². The van der Waals surface area contributed by atoms with E-state index < -0.39 is 0 Å². The summed E-state index contributed by atoms with van der Waals surface area (Å²) in [6.07, 6.45) is 3.55. The van der Waals surface area contributed by atoms with E-state index in [1.807, 2.05) is 12.1 Å². The molecule has 0 radical (unpaired) electrons. The number of nitrogens with zero attached hydrogens (tertiary/aromatic N) is 1. The molecular weight excluding hydrogens is 274 g/mol. The zero-order valence-electron chi connectivity index (χ0n) is 12.0. The zero-order valence-corrected chi connectivity index (χ0v) is 12.7. The lowest BCUT2D eigenvalue weighted by molar-refractivity contribution is -0.0460. The Hall–Kier alpha value is -0.610. The molecule has 3 rings (SSSR count). The number of halogens is 1. The van der Waals surface area contributed by atoms with Gasteiger partial charge in [0.1, 0.15) is 0 Å². The van der Waals surface area contributed by atoms with Gasteiger partial charge in [-0.05, 0) is 30.5 Å². The first kappa shape index (κ1) is 14.3. The normalized spacial score (nSPS) is 26.2. The Morgan fingerprint density at radius 2 is 2.20 bits per heavy atom. The number of rotatable bonds is 3. The lowest BCUT2D eigenvalue weighted by Gasteiger charge is -2.38. The van der Waals surface area contributed by atoms with E-state index in [1.165, 1.54) is 5.56 Å². The lowest BCUT2D eigenvalue weighted by atomic mass is 9.88. The van der Waals surface area contributed by atoms with E-state index in [0.29, 0.717) is 0 Å². The monoisotopic (exact) mass is 295 g/mol. The molecule has 3 nitrogen and oxygen atoms in total. The van der Waals surface area contributed by atoms with Gasteiger partial charge in [-0.15, -0.1) is 0 Å². The van der Waals surface area contributed by atoms with Crippen LogP contribution in [0.1, 0.15) is 24.8 Å². The maximum atomic E-state index is 6.04. The molecule has 2 aliphatic heterocycles. The molecule has 0 unspecified atom stereocenters. The lowest BCUT2D eigenvalue weighted by Crippen LogP contribution is -2.43. The van der Waals surface area contributed by atoms with E-state index in [4.69, 9.17) is 21.1 Å². The summed E-state index contributed by atoms with van der Waals surface area (Å²) in [4.78, 5) is 2.49. The van der Waals surface area contributed by atoms with Crippen LogP contribution in [0.5, 0.6) is 0 Å². The summed E-state index contributed by atoms with van der Waals surface area (Å²) >= 11 is 6.04. The van der Waals surface area contributed by atoms with Gasteiger partial charge in [-0.25, -0.2) is 0 Å². The third-order valence-corrected chi connectivity index (χ3v) is 4.81. The maximum Gasteiger partial charge on any atom is 0.0832 e. The first-order valence-electron chi connectivity index (χ1n) is 7.33. The topological polar surface area (TPSA) is 21.7 Å². The van der Waals surface area contributed by atoms with Gasteiger partial charge in [-0.1, -0.05) is 23.7 Å². The minimum atomic E-state index is 0.0749. The molecule has 0 saturated carbocycles.